The molecule has 2 aromatic carbocycles. The molecule has 0 saturated carbocycles. The first kappa shape index (κ1) is 53.2. The molecule has 1 unspecified atom stereocenters. The number of alkyl carbamates (subject to hydrolysis) is 4. The average molecular weight is 893 g/mol. The molecular weight excluding hydrogens is 817 g/mol. The van der Waals surface area contributed by atoms with Gasteiger partial charge in [-0.15, -0.1) is 0 Å². The first-order valence-electron chi connectivity index (χ1n) is 22.7. The summed E-state index contributed by atoms with van der Waals surface area (Å²) in [6, 6.07) is 18.9. The van der Waals surface area contributed by atoms with Crippen molar-refractivity contribution in [3.05, 3.63) is 95.6 Å². The molecule has 15 nitrogen and oxygen atoms in total. The number of nitrogens with zero attached hydrogens (tertiary/aromatic N) is 1. The highest BCUT2D eigenvalue weighted by Gasteiger charge is 2.28. The van der Waals surface area contributed by atoms with E-state index < -0.39 is 35.6 Å². The van der Waals surface area contributed by atoms with Gasteiger partial charge in [0, 0.05) is 57.5 Å². The van der Waals surface area contributed by atoms with Crippen LogP contribution in [0, 0.1) is 0 Å². The number of unbranched alkanes of at least 4 members (excludes halogenated alkanes) is 1. The Kier molecular flexibility index (Phi) is 23.8. The fraction of sp³-hybridized carbons (Fsp3) is 0.592. The molecule has 0 radical (unpaired) electrons. The summed E-state index contributed by atoms with van der Waals surface area (Å²) in [5, 5.41) is 15.1. The molecule has 0 fully saturated rings. The third-order valence-corrected chi connectivity index (χ3v) is 10.5. The van der Waals surface area contributed by atoms with Gasteiger partial charge in [-0.25, -0.2) is 19.2 Å². The van der Waals surface area contributed by atoms with Crippen molar-refractivity contribution in [2.75, 3.05) is 59.0 Å². The molecule has 5 N–H and O–H groups in total. The van der Waals surface area contributed by atoms with Crippen molar-refractivity contribution < 1.29 is 42.9 Å². The van der Waals surface area contributed by atoms with Crippen LogP contribution >= 0.6 is 0 Å². The van der Waals surface area contributed by atoms with E-state index in [4.69, 9.17) is 23.7 Å². The first-order chi connectivity index (χ1) is 30.5. The maximum atomic E-state index is 12.8. The lowest BCUT2D eigenvalue weighted by atomic mass is 9.97. The lowest BCUT2D eigenvalue weighted by molar-refractivity contribution is -0.0404. The zero-order valence-electron chi connectivity index (χ0n) is 39.4. The molecule has 1 aliphatic carbocycles. The SMILES string of the molecule is CC(C)(C)OC(=O)NCCCCC(CNCCC(C)(C)OCCC(C)(C)N(CCNC(=O)OCC1=CC=CCC1)CCNC(=O)OCc1ccccc1)NC(=O)OCc1ccccc1. The normalized spacial score (nSPS) is 13.3. The van der Waals surface area contributed by atoms with Gasteiger partial charge in [0.05, 0.1) is 5.60 Å². The molecule has 0 heterocycles. The van der Waals surface area contributed by atoms with Crippen LogP contribution in [0.5, 0.6) is 0 Å². The number of carbonyl (C=O) groups excluding carboxylic acids is 4. The van der Waals surface area contributed by atoms with Gasteiger partial charge in [-0.1, -0.05) is 78.9 Å². The molecule has 1 atom stereocenters. The third-order valence-electron chi connectivity index (χ3n) is 10.5. The van der Waals surface area contributed by atoms with E-state index in [2.05, 4.69) is 65.3 Å². The fourth-order valence-electron chi connectivity index (χ4n) is 6.71. The second-order valence-electron chi connectivity index (χ2n) is 18.2. The molecule has 4 amide bonds. The second-order valence-corrected chi connectivity index (χ2v) is 18.2. The Morgan fingerprint density at radius 3 is 1.83 bits per heavy atom. The van der Waals surface area contributed by atoms with Gasteiger partial charge in [-0.3, -0.25) is 4.90 Å². The number of hydrogen-bond donors (Lipinski definition) is 5. The Labute approximate surface area is 381 Å². The highest BCUT2D eigenvalue weighted by Crippen LogP contribution is 2.22. The van der Waals surface area contributed by atoms with Crippen molar-refractivity contribution in [2.45, 2.75) is 129 Å². The van der Waals surface area contributed by atoms with E-state index in [1.165, 1.54) is 0 Å². The fourth-order valence-corrected chi connectivity index (χ4v) is 6.71. The number of allylic oxidation sites excluding steroid dienone is 3. The minimum absolute atomic E-state index is 0.177. The van der Waals surface area contributed by atoms with Gasteiger partial charge in [-0.2, -0.15) is 0 Å². The minimum atomic E-state index is -0.564. The lowest BCUT2D eigenvalue weighted by Gasteiger charge is -2.39. The van der Waals surface area contributed by atoms with Crippen molar-refractivity contribution in [3.63, 3.8) is 0 Å². The van der Waals surface area contributed by atoms with Crippen LogP contribution in [-0.4, -0.2) is 111 Å². The molecule has 1 aliphatic rings. The van der Waals surface area contributed by atoms with E-state index in [-0.39, 0.29) is 31.4 Å². The summed E-state index contributed by atoms with van der Waals surface area (Å²) in [5.41, 5.74) is 1.53. The maximum absolute atomic E-state index is 12.8. The van der Waals surface area contributed by atoms with Crippen LogP contribution in [0.4, 0.5) is 19.2 Å². The summed E-state index contributed by atoms with van der Waals surface area (Å²) in [4.78, 5) is 52.2. The molecule has 0 saturated heterocycles. The van der Waals surface area contributed by atoms with Crippen molar-refractivity contribution in [2.24, 2.45) is 0 Å². The molecule has 356 valence electrons. The summed E-state index contributed by atoms with van der Waals surface area (Å²) in [7, 11) is 0. The van der Waals surface area contributed by atoms with Crippen LogP contribution in [0.3, 0.4) is 0 Å². The summed E-state index contributed by atoms with van der Waals surface area (Å²) < 4.78 is 28.2. The molecule has 0 spiro atoms. The Morgan fingerprint density at radius 2 is 1.25 bits per heavy atom. The van der Waals surface area contributed by atoms with E-state index in [1.807, 2.05) is 93.6 Å². The first-order valence-corrected chi connectivity index (χ1v) is 22.7. The molecule has 64 heavy (non-hydrogen) atoms. The monoisotopic (exact) mass is 893 g/mol. The van der Waals surface area contributed by atoms with Crippen LogP contribution in [0.25, 0.3) is 0 Å². The van der Waals surface area contributed by atoms with E-state index >= 15 is 0 Å². The minimum Gasteiger partial charge on any atom is -0.445 e. The molecule has 15 heteroatoms. The van der Waals surface area contributed by atoms with Crippen molar-refractivity contribution in [3.8, 4) is 0 Å². The van der Waals surface area contributed by atoms with Crippen molar-refractivity contribution in [1.29, 1.82) is 0 Å². The summed E-state index contributed by atoms with van der Waals surface area (Å²) >= 11 is 0. The van der Waals surface area contributed by atoms with Gasteiger partial charge in [0.1, 0.15) is 25.4 Å². The molecule has 0 bridgehead atoms. The highest BCUT2D eigenvalue weighted by atomic mass is 16.6. The quantitative estimate of drug-likeness (QED) is 0.0412. The van der Waals surface area contributed by atoms with E-state index in [0.717, 1.165) is 48.8 Å². The largest absolute Gasteiger partial charge is 0.445 e. The molecule has 2 aromatic rings. The number of carbonyl (C=O) groups is 4. The smallest absolute Gasteiger partial charge is 0.407 e. The summed E-state index contributed by atoms with van der Waals surface area (Å²) in [6.45, 7) is 18.4. The predicted octanol–water partition coefficient (Wildman–Crippen LogP) is 8.15. The van der Waals surface area contributed by atoms with Gasteiger partial charge in [0.15, 0.2) is 0 Å². The Balaban J connectivity index is 1.47. The van der Waals surface area contributed by atoms with Crippen LogP contribution in [0.15, 0.2) is 84.5 Å². The molecule has 0 aliphatic heterocycles. The standard InChI is InChI=1S/C49H76N6O9/c1-47(2,3)64-45(58)51-28-18-17-25-42(54-46(59)62-38-41-23-15-10-16-24-41)35-50-29-26-49(6,7)63-34-27-48(4,5)55(32-30-52-43(56)60-36-39-19-11-8-12-20-39)33-31-53-44(57)61-37-40-21-13-9-14-22-40/h8-13,15-16,19-21,23-24,42,50H,14,17-18,22,25-38H2,1-7H3,(H,51,58)(H,52,56)(H,53,57)(H,54,59). The number of amides is 4. The number of benzene rings is 2. The van der Waals surface area contributed by atoms with Crippen LogP contribution < -0.4 is 26.6 Å². The number of ether oxygens (including phenoxy) is 5. The Hall–Kier alpha value is -5.12. The van der Waals surface area contributed by atoms with E-state index in [9.17, 15) is 19.2 Å². The van der Waals surface area contributed by atoms with Crippen LogP contribution in [0.1, 0.15) is 105 Å². The number of rotatable bonds is 28. The molecule has 3 rings (SSSR count). The van der Waals surface area contributed by atoms with Crippen molar-refractivity contribution >= 4 is 24.4 Å². The summed E-state index contributed by atoms with van der Waals surface area (Å²) in [5.74, 6) is 0. The maximum Gasteiger partial charge on any atom is 0.407 e. The van der Waals surface area contributed by atoms with Gasteiger partial charge in [0.25, 0.3) is 0 Å². The lowest BCUT2D eigenvalue weighted by Crippen LogP contribution is -2.51. The molecule has 0 aromatic heterocycles. The number of nitrogens with one attached hydrogen (secondary N) is 5. The third kappa shape index (κ3) is 24.7. The van der Waals surface area contributed by atoms with Gasteiger partial charge >= 0.3 is 24.4 Å². The van der Waals surface area contributed by atoms with Gasteiger partial charge in [0.2, 0.25) is 0 Å². The zero-order valence-corrected chi connectivity index (χ0v) is 39.4. The second kappa shape index (κ2) is 28.6. The Bertz CT molecular complexity index is 1730. The number of hydrogen-bond acceptors (Lipinski definition) is 11. The zero-order chi connectivity index (χ0) is 46.7. The van der Waals surface area contributed by atoms with E-state index in [1.54, 1.807) is 0 Å². The average Bonchev–Trinajstić information content (AvgIpc) is 3.25. The van der Waals surface area contributed by atoms with Crippen LogP contribution in [-0.2, 0) is 36.9 Å². The van der Waals surface area contributed by atoms with Crippen LogP contribution in [0.2, 0.25) is 0 Å². The van der Waals surface area contributed by atoms with Crippen molar-refractivity contribution in [1.82, 2.24) is 31.5 Å². The summed E-state index contributed by atoms with van der Waals surface area (Å²) in [6.07, 6.45) is 9.59. The predicted molar refractivity (Wildman–Crippen MR) is 250 cm³/mol. The topological polar surface area (TPSA) is 178 Å². The molecular formula is C49H76N6O9. The van der Waals surface area contributed by atoms with E-state index in [0.29, 0.717) is 65.3 Å². The van der Waals surface area contributed by atoms with Gasteiger partial charge in [-0.05, 0) is 117 Å². The highest BCUT2D eigenvalue weighted by molar-refractivity contribution is 5.68. The Morgan fingerprint density at radius 1 is 0.672 bits per heavy atom. The van der Waals surface area contributed by atoms with Gasteiger partial charge < -0.3 is 50.3 Å².